The number of nitrogens with zero attached hydrogens (tertiary/aromatic N) is 2. The zero-order valence-corrected chi connectivity index (χ0v) is 26.5. The van der Waals surface area contributed by atoms with E-state index in [2.05, 4.69) is 20.9 Å². The van der Waals surface area contributed by atoms with Crippen molar-refractivity contribution in [1.29, 1.82) is 0 Å². The SMILES string of the molecule is CCOC(=O)C1=C(C)N=c2s/c(=C/c3ccc(OCc4cccc(F)c4)c(Br)c3)c(=O)n2[C@H]1c1ccccc1OC(C)C. The van der Waals surface area contributed by atoms with Crippen molar-refractivity contribution < 1.29 is 23.4 Å². The van der Waals surface area contributed by atoms with Gasteiger partial charge in [0.25, 0.3) is 5.56 Å². The molecule has 0 amide bonds. The second-order valence-electron chi connectivity index (χ2n) is 10.1. The Morgan fingerprint density at radius 1 is 1.12 bits per heavy atom. The Kier molecular flexibility index (Phi) is 9.27. The predicted octanol–water partition coefficient (Wildman–Crippen LogP) is 6.07. The van der Waals surface area contributed by atoms with Crippen molar-refractivity contribution >= 4 is 39.3 Å². The van der Waals surface area contributed by atoms with E-state index in [4.69, 9.17) is 14.2 Å². The molecule has 1 aliphatic heterocycles. The summed E-state index contributed by atoms with van der Waals surface area (Å²) in [6.45, 7) is 7.73. The van der Waals surface area contributed by atoms with Crippen molar-refractivity contribution in [3.63, 3.8) is 0 Å². The van der Waals surface area contributed by atoms with Gasteiger partial charge in [0.1, 0.15) is 30.0 Å². The molecule has 4 aromatic rings. The fourth-order valence-corrected chi connectivity index (χ4v) is 6.37. The largest absolute Gasteiger partial charge is 0.491 e. The van der Waals surface area contributed by atoms with E-state index in [9.17, 15) is 14.0 Å². The average Bonchev–Trinajstić information content (AvgIpc) is 3.26. The molecule has 0 saturated heterocycles. The third-order valence-corrected chi connectivity index (χ3v) is 8.23. The van der Waals surface area contributed by atoms with Crippen LogP contribution in [0.5, 0.6) is 11.5 Å². The van der Waals surface area contributed by atoms with Gasteiger partial charge in [0.15, 0.2) is 4.80 Å². The monoisotopic (exact) mass is 664 g/mol. The first-order valence-corrected chi connectivity index (χ1v) is 15.4. The van der Waals surface area contributed by atoms with Crippen molar-refractivity contribution in [1.82, 2.24) is 4.57 Å². The number of carbonyl (C=O) groups is 1. The number of halogens is 2. The van der Waals surface area contributed by atoms with Gasteiger partial charge in [-0.2, -0.15) is 0 Å². The minimum Gasteiger partial charge on any atom is -0.491 e. The highest BCUT2D eigenvalue weighted by atomic mass is 79.9. The van der Waals surface area contributed by atoms with Gasteiger partial charge >= 0.3 is 5.97 Å². The highest BCUT2D eigenvalue weighted by Gasteiger charge is 2.35. The highest BCUT2D eigenvalue weighted by Crippen LogP contribution is 2.36. The molecular formula is C33H30BrFN2O5S. The summed E-state index contributed by atoms with van der Waals surface area (Å²) in [5.74, 6) is 0.311. The summed E-state index contributed by atoms with van der Waals surface area (Å²) in [5, 5.41) is 0. The first kappa shape index (κ1) is 30.4. The molecule has 222 valence electrons. The number of hydrogen-bond acceptors (Lipinski definition) is 7. The Morgan fingerprint density at radius 2 is 1.91 bits per heavy atom. The molecule has 0 N–H and O–H groups in total. The molecule has 0 spiro atoms. The number of rotatable bonds is 9. The molecule has 5 rings (SSSR count). The van der Waals surface area contributed by atoms with Crippen molar-refractivity contribution in [3.8, 4) is 11.5 Å². The van der Waals surface area contributed by atoms with E-state index in [-0.39, 0.29) is 30.7 Å². The number of carbonyl (C=O) groups excluding carboxylic acids is 1. The molecule has 1 atom stereocenters. The smallest absolute Gasteiger partial charge is 0.338 e. The molecule has 0 radical (unpaired) electrons. The van der Waals surface area contributed by atoms with Crippen LogP contribution in [-0.4, -0.2) is 23.2 Å². The van der Waals surface area contributed by atoms with Gasteiger partial charge in [0.2, 0.25) is 0 Å². The Bertz CT molecular complexity index is 1900. The van der Waals surface area contributed by atoms with Gasteiger partial charge in [-0.25, -0.2) is 14.2 Å². The number of para-hydroxylation sites is 1. The van der Waals surface area contributed by atoms with E-state index < -0.39 is 12.0 Å². The standard InChI is InChI=1S/C33H30BrFN2O5S/c1-5-40-32(39)29-20(4)36-33-37(30(29)24-11-6-7-12-26(24)42-19(2)3)31(38)28(43-33)17-21-13-14-27(25(34)16-21)41-18-22-9-8-10-23(35)15-22/h6-17,19,30H,5,18H2,1-4H3/b28-17+/t30-/m0/s1. The molecule has 1 aromatic heterocycles. The predicted molar refractivity (Wildman–Crippen MR) is 167 cm³/mol. The Balaban J connectivity index is 1.56. The van der Waals surface area contributed by atoms with Crippen molar-refractivity contribution in [3.05, 3.63) is 125 Å². The van der Waals surface area contributed by atoms with Crippen LogP contribution >= 0.6 is 27.3 Å². The van der Waals surface area contributed by atoms with Gasteiger partial charge in [-0.1, -0.05) is 47.7 Å². The minimum atomic E-state index is -0.780. The maximum atomic E-state index is 14.0. The zero-order valence-electron chi connectivity index (χ0n) is 24.1. The Labute approximate surface area is 260 Å². The van der Waals surface area contributed by atoms with E-state index in [1.807, 2.05) is 50.2 Å². The second-order valence-corrected chi connectivity index (χ2v) is 12.0. The molecule has 0 aliphatic carbocycles. The van der Waals surface area contributed by atoms with Crippen LogP contribution in [0.15, 0.2) is 92.3 Å². The number of fused-ring (bicyclic) bond motifs is 1. The maximum Gasteiger partial charge on any atom is 0.338 e. The van der Waals surface area contributed by atoms with Gasteiger partial charge in [0, 0.05) is 5.56 Å². The molecular weight excluding hydrogens is 635 g/mol. The van der Waals surface area contributed by atoms with Crippen molar-refractivity contribution in [2.24, 2.45) is 4.99 Å². The van der Waals surface area contributed by atoms with Crippen LogP contribution in [0.2, 0.25) is 0 Å². The summed E-state index contributed by atoms with van der Waals surface area (Å²) in [4.78, 5) is 32.4. The third-order valence-electron chi connectivity index (χ3n) is 6.63. The van der Waals surface area contributed by atoms with Gasteiger partial charge in [-0.05, 0) is 91.2 Å². The molecule has 43 heavy (non-hydrogen) atoms. The van der Waals surface area contributed by atoms with Crippen LogP contribution in [0.25, 0.3) is 6.08 Å². The van der Waals surface area contributed by atoms with Gasteiger partial charge in [-0.15, -0.1) is 0 Å². The molecule has 0 bridgehead atoms. The first-order valence-electron chi connectivity index (χ1n) is 13.8. The lowest BCUT2D eigenvalue weighted by atomic mass is 9.95. The fourth-order valence-electron chi connectivity index (χ4n) is 4.82. The van der Waals surface area contributed by atoms with E-state index >= 15 is 0 Å². The first-order chi connectivity index (χ1) is 20.7. The number of aromatic nitrogens is 1. The van der Waals surface area contributed by atoms with Crippen LogP contribution in [-0.2, 0) is 16.1 Å². The lowest BCUT2D eigenvalue weighted by molar-refractivity contribution is -0.139. The lowest BCUT2D eigenvalue weighted by Crippen LogP contribution is -2.40. The molecule has 10 heteroatoms. The number of hydrogen-bond donors (Lipinski definition) is 0. The van der Waals surface area contributed by atoms with E-state index in [0.717, 1.165) is 5.56 Å². The second kappa shape index (κ2) is 13.1. The maximum absolute atomic E-state index is 14.0. The van der Waals surface area contributed by atoms with Crippen molar-refractivity contribution in [2.45, 2.75) is 46.4 Å². The molecule has 7 nitrogen and oxygen atoms in total. The van der Waals surface area contributed by atoms with Crippen LogP contribution in [0, 0.1) is 5.82 Å². The summed E-state index contributed by atoms with van der Waals surface area (Å²) in [7, 11) is 0. The average molecular weight is 666 g/mol. The van der Waals surface area contributed by atoms with Gasteiger partial charge in [-0.3, -0.25) is 9.36 Å². The van der Waals surface area contributed by atoms with E-state index in [0.29, 0.717) is 47.7 Å². The minimum absolute atomic E-state index is 0.118. The van der Waals surface area contributed by atoms with Crippen LogP contribution in [0.3, 0.4) is 0 Å². The molecule has 1 aliphatic rings. The number of esters is 1. The zero-order chi connectivity index (χ0) is 30.7. The summed E-state index contributed by atoms with van der Waals surface area (Å²) < 4.78 is 33.6. The summed E-state index contributed by atoms with van der Waals surface area (Å²) in [5.41, 5.74) is 2.64. The molecule has 3 aromatic carbocycles. The van der Waals surface area contributed by atoms with Gasteiger partial charge < -0.3 is 14.2 Å². The molecule has 2 heterocycles. The number of thiazole rings is 1. The number of benzene rings is 3. The normalized spacial score (nSPS) is 14.9. The van der Waals surface area contributed by atoms with E-state index in [1.165, 1.54) is 23.5 Å². The van der Waals surface area contributed by atoms with Gasteiger partial charge in [0.05, 0.1) is 33.0 Å². The summed E-state index contributed by atoms with van der Waals surface area (Å²) in [6, 6.07) is 18.3. The third kappa shape index (κ3) is 6.65. The summed E-state index contributed by atoms with van der Waals surface area (Å²) in [6.07, 6.45) is 1.66. The molecule has 0 saturated carbocycles. The molecule has 0 fully saturated rings. The highest BCUT2D eigenvalue weighted by molar-refractivity contribution is 9.10. The van der Waals surface area contributed by atoms with E-state index in [1.54, 1.807) is 42.7 Å². The quantitative estimate of drug-likeness (QED) is 0.203. The number of ether oxygens (including phenoxy) is 3. The lowest BCUT2D eigenvalue weighted by Gasteiger charge is -2.26. The Morgan fingerprint density at radius 3 is 2.63 bits per heavy atom. The fraction of sp³-hybridized carbons (Fsp3) is 0.242. The van der Waals surface area contributed by atoms with Crippen LogP contribution < -0.4 is 24.4 Å². The topological polar surface area (TPSA) is 79.1 Å². The van der Waals surface area contributed by atoms with Crippen LogP contribution in [0.1, 0.15) is 50.4 Å². The molecule has 0 unspecified atom stereocenters. The number of allylic oxidation sites excluding steroid dienone is 1. The van der Waals surface area contributed by atoms with Crippen molar-refractivity contribution in [2.75, 3.05) is 6.61 Å². The summed E-state index contributed by atoms with van der Waals surface area (Å²) >= 11 is 4.79. The Hall–Kier alpha value is -4.02. The van der Waals surface area contributed by atoms with Crippen LogP contribution in [0.4, 0.5) is 4.39 Å².